The van der Waals surface area contributed by atoms with E-state index in [9.17, 15) is 0 Å². The third-order valence-corrected chi connectivity index (χ3v) is 5.55. The van der Waals surface area contributed by atoms with Gasteiger partial charge in [-0.3, -0.25) is 0 Å². The summed E-state index contributed by atoms with van der Waals surface area (Å²) in [6.45, 7) is 2.11. The van der Waals surface area contributed by atoms with Gasteiger partial charge in [0, 0.05) is 0 Å². The lowest BCUT2D eigenvalue weighted by molar-refractivity contribution is 0.0278. The van der Waals surface area contributed by atoms with Gasteiger partial charge in [0.15, 0.2) is 50.2 Å². The molecule has 1 fully saturated rings. The van der Waals surface area contributed by atoms with Gasteiger partial charge in [0.2, 0.25) is 0 Å². The standard InChI is InChI=1S/C22H28O9/c1-13-14(2)22(16-4-6-18(28-10-24)20(8-16)30-12-26)31-21(13)15-3-5-17(27-9-23)19(7-15)29-11-25/h3-8,13-14,21-26H,9-12H2,1-2H3/t13-,14-,21-,22-/m0/s1. The van der Waals surface area contributed by atoms with Crippen LogP contribution in [-0.4, -0.2) is 47.6 Å². The van der Waals surface area contributed by atoms with Crippen molar-refractivity contribution in [2.45, 2.75) is 26.1 Å². The molecule has 0 saturated carbocycles. The smallest absolute Gasteiger partial charge is 0.186 e. The van der Waals surface area contributed by atoms with E-state index >= 15 is 0 Å². The maximum atomic E-state index is 9.16. The minimum atomic E-state index is -0.527. The zero-order valence-corrected chi connectivity index (χ0v) is 17.4. The van der Waals surface area contributed by atoms with E-state index in [2.05, 4.69) is 13.8 Å². The SMILES string of the molecule is C[C@H]1[C@H](C)[C@@H](c2ccc(OCO)c(OCO)c2)O[C@@H]1c1ccc(OCO)c(OCO)c1. The second-order valence-electron chi connectivity index (χ2n) is 7.20. The Labute approximate surface area is 180 Å². The Morgan fingerprint density at radius 2 is 0.968 bits per heavy atom. The molecule has 1 heterocycles. The Morgan fingerprint density at radius 3 is 1.32 bits per heavy atom. The van der Waals surface area contributed by atoms with Crippen molar-refractivity contribution in [3.8, 4) is 23.0 Å². The molecule has 9 heteroatoms. The number of hydrogen-bond donors (Lipinski definition) is 4. The predicted octanol–water partition coefficient (Wildman–Crippen LogP) is 2.09. The number of aliphatic hydroxyl groups excluding tert-OH is 4. The van der Waals surface area contributed by atoms with Crippen LogP contribution in [0.2, 0.25) is 0 Å². The summed E-state index contributed by atoms with van der Waals surface area (Å²) in [4.78, 5) is 0. The second kappa shape index (κ2) is 10.7. The highest BCUT2D eigenvalue weighted by Gasteiger charge is 2.41. The summed E-state index contributed by atoms with van der Waals surface area (Å²) >= 11 is 0. The summed E-state index contributed by atoms with van der Waals surface area (Å²) < 4.78 is 27.1. The van der Waals surface area contributed by atoms with Gasteiger partial charge < -0.3 is 44.1 Å². The van der Waals surface area contributed by atoms with Gasteiger partial charge in [-0.1, -0.05) is 26.0 Å². The second-order valence-corrected chi connectivity index (χ2v) is 7.20. The highest BCUT2D eigenvalue weighted by Crippen LogP contribution is 2.50. The molecule has 0 bridgehead atoms. The molecule has 0 spiro atoms. The monoisotopic (exact) mass is 436 g/mol. The topological polar surface area (TPSA) is 127 Å². The molecule has 2 aromatic carbocycles. The fourth-order valence-electron chi connectivity index (χ4n) is 3.87. The zero-order valence-electron chi connectivity index (χ0n) is 17.4. The molecule has 31 heavy (non-hydrogen) atoms. The van der Waals surface area contributed by atoms with Crippen molar-refractivity contribution in [2.75, 3.05) is 27.2 Å². The average Bonchev–Trinajstić information content (AvgIpc) is 3.06. The number of ether oxygens (including phenoxy) is 5. The van der Waals surface area contributed by atoms with E-state index in [-0.39, 0.29) is 24.0 Å². The van der Waals surface area contributed by atoms with Crippen LogP contribution in [0.3, 0.4) is 0 Å². The molecule has 2 aromatic rings. The number of benzene rings is 2. The number of rotatable bonds is 10. The van der Waals surface area contributed by atoms with Crippen LogP contribution in [-0.2, 0) is 4.74 Å². The summed E-state index contributed by atoms with van der Waals surface area (Å²) in [5, 5.41) is 36.4. The molecule has 0 unspecified atom stereocenters. The summed E-state index contributed by atoms with van der Waals surface area (Å²) in [6, 6.07) is 10.5. The molecule has 0 radical (unpaired) electrons. The first kappa shape index (κ1) is 23.1. The fraction of sp³-hybridized carbons (Fsp3) is 0.455. The first-order valence-electron chi connectivity index (χ1n) is 9.92. The molecule has 4 N–H and O–H groups in total. The summed E-state index contributed by atoms with van der Waals surface area (Å²) in [7, 11) is 0. The molecule has 1 saturated heterocycles. The van der Waals surface area contributed by atoms with E-state index in [0.29, 0.717) is 23.0 Å². The average molecular weight is 436 g/mol. The van der Waals surface area contributed by atoms with E-state index in [1.807, 2.05) is 12.1 Å². The van der Waals surface area contributed by atoms with Crippen LogP contribution >= 0.6 is 0 Å². The molecule has 0 amide bonds. The molecular weight excluding hydrogens is 408 g/mol. The largest absolute Gasteiger partial charge is 0.464 e. The maximum Gasteiger partial charge on any atom is 0.186 e. The maximum absolute atomic E-state index is 9.16. The fourth-order valence-corrected chi connectivity index (χ4v) is 3.87. The molecule has 3 rings (SSSR count). The van der Waals surface area contributed by atoms with Crippen LogP contribution in [0, 0.1) is 11.8 Å². The lowest BCUT2D eigenvalue weighted by atomic mass is 9.85. The Morgan fingerprint density at radius 1 is 0.613 bits per heavy atom. The Balaban J connectivity index is 1.88. The molecule has 0 aliphatic carbocycles. The van der Waals surface area contributed by atoms with Crippen LogP contribution in [0.5, 0.6) is 23.0 Å². The Bertz CT molecular complexity index is 787. The number of hydrogen-bond acceptors (Lipinski definition) is 9. The van der Waals surface area contributed by atoms with Gasteiger partial charge in [-0.2, -0.15) is 0 Å². The quantitative estimate of drug-likeness (QED) is 0.414. The van der Waals surface area contributed by atoms with Crippen LogP contribution in [0.25, 0.3) is 0 Å². The van der Waals surface area contributed by atoms with E-state index < -0.39 is 27.2 Å². The van der Waals surface area contributed by atoms with Crippen molar-refractivity contribution in [3.05, 3.63) is 47.5 Å². The van der Waals surface area contributed by atoms with Crippen molar-refractivity contribution in [1.29, 1.82) is 0 Å². The highest BCUT2D eigenvalue weighted by atomic mass is 16.6. The number of aliphatic hydroxyl groups is 4. The first-order valence-corrected chi connectivity index (χ1v) is 9.92. The van der Waals surface area contributed by atoms with Gasteiger partial charge in [0.1, 0.15) is 0 Å². The van der Waals surface area contributed by atoms with Crippen molar-refractivity contribution in [3.63, 3.8) is 0 Å². The molecule has 0 aromatic heterocycles. The molecular formula is C22H28O9. The van der Waals surface area contributed by atoms with Crippen LogP contribution in [0.1, 0.15) is 37.2 Å². The first-order chi connectivity index (χ1) is 15.0. The van der Waals surface area contributed by atoms with Crippen molar-refractivity contribution in [2.24, 2.45) is 11.8 Å². The third kappa shape index (κ3) is 5.03. The van der Waals surface area contributed by atoms with Gasteiger partial charge in [-0.25, -0.2) is 0 Å². The molecule has 1 aliphatic heterocycles. The summed E-state index contributed by atoms with van der Waals surface area (Å²) in [5.41, 5.74) is 1.70. The lowest BCUT2D eigenvalue weighted by Gasteiger charge is -2.19. The van der Waals surface area contributed by atoms with Gasteiger partial charge in [-0.15, -0.1) is 0 Å². The Kier molecular flexibility index (Phi) is 7.94. The van der Waals surface area contributed by atoms with E-state index in [1.165, 1.54) is 0 Å². The van der Waals surface area contributed by atoms with Crippen LogP contribution < -0.4 is 18.9 Å². The minimum Gasteiger partial charge on any atom is -0.464 e. The molecule has 170 valence electrons. The van der Waals surface area contributed by atoms with E-state index in [4.69, 9.17) is 44.1 Å². The molecule has 4 atom stereocenters. The van der Waals surface area contributed by atoms with Gasteiger partial charge >= 0.3 is 0 Å². The van der Waals surface area contributed by atoms with Crippen molar-refractivity contribution in [1.82, 2.24) is 0 Å². The normalized spacial score (nSPS) is 22.9. The lowest BCUT2D eigenvalue weighted by Crippen LogP contribution is -2.10. The zero-order chi connectivity index (χ0) is 22.4. The van der Waals surface area contributed by atoms with Crippen LogP contribution in [0.15, 0.2) is 36.4 Å². The van der Waals surface area contributed by atoms with E-state index in [0.717, 1.165) is 11.1 Å². The molecule has 9 nitrogen and oxygen atoms in total. The van der Waals surface area contributed by atoms with Gasteiger partial charge in [0.05, 0.1) is 12.2 Å². The Hall–Kier alpha value is -2.56. The third-order valence-electron chi connectivity index (χ3n) is 5.55. The van der Waals surface area contributed by atoms with Gasteiger partial charge in [0.25, 0.3) is 0 Å². The van der Waals surface area contributed by atoms with Gasteiger partial charge in [-0.05, 0) is 47.2 Å². The molecule has 1 aliphatic rings. The van der Waals surface area contributed by atoms with E-state index in [1.54, 1.807) is 24.3 Å². The van der Waals surface area contributed by atoms with Crippen LogP contribution in [0.4, 0.5) is 0 Å². The predicted molar refractivity (Wildman–Crippen MR) is 109 cm³/mol. The van der Waals surface area contributed by atoms with Crippen molar-refractivity contribution >= 4 is 0 Å². The summed E-state index contributed by atoms with van der Waals surface area (Å²) in [6.07, 6.45) is -0.500. The highest BCUT2D eigenvalue weighted by molar-refractivity contribution is 5.45. The minimum absolute atomic E-state index is 0.146. The van der Waals surface area contributed by atoms with Crippen molar-refractivity contribution < 1.29 is 44.1 Å². The summed E-state index contributed by atoms with van der Waals surface area (Å²) in [5.74, 6) is 1.55.